The Balaban J connectivity index is 4.02. The minimum absolute atomic E-state index is 0.0177. The first-order valence-electron chi connectivity index (χ1n) is 3.03. The van der Waals surface area contributed by atoms with Crippen molar-refractivity contribution in [1.82, 2.24) is 10.2 Å². The highest BCUT2D eigenvalue weighted by atomic mass is 16.2. The summed E-state index contributed by atoms with van der Waals surface area (Å²) in [4.78, 5) is 12.1. The second-order valence-electron chi connectivity index (χ2n) is 1.77. The smallest absolute Gasteiger partial charge is 0.318 e. The van der Waals surface area contributed by atoms with Gasteiger partial charge in [-0.05, 0) is 0 Å². The summed E-state index contributed by atoms with van der Waals surface area (Å²) < 4.78 is 0. The third-order valence-corrected chi connectivity index (χ3v) is 1.04. The summed E-state index contributed by atoms with van der Waals surface area (Å²) in [5.74, 6) is 2.28. The average Bonchev–Trinajstić information content (AvgIpc) is 2.03. The zero-order chi connectivity index (χ0) is 8.69. The Morgan fingerprint density at radius 3 is 2.73 bits per heavy atom. The van der Waals surface area contributed by atoms with Crippen molar-refractivity contribution in [3.8, 4) is 18.4 Å². The van der Waals surface area contributed by atoms with Gasteiger partial charge in [0.1, 0.15) is 6.54 Å². The van der Waals surface area contributed by atoms with E-state index in [0.29, 0.717) is 0 Å². The molecule has 0 fully saturated rings. The number of urea groups is 1. The van der Waals surface area contributed by atoms with Crippen LogP contribution in [-0.4, -0.2) is 31.1 Å². The Kier molecular flexibility index (Phi) is 4.35. The molecule has 0 saturated carbocycles. The molecule has 0 rings (SSSR count). The van der Waals surface area contributed by atoms with Crippen molar-refractivity contribution in [2.75, 3.05) is 20.1 Å². The van der Waals surface area contributed by atoms with E-state index in [2.05, 4.69) is 11.2 Å². The first kappa shape index (κ1) is 9.32. The lowest BCUT2D eigenvalue weighted by atomic mass is 10.5. The van der Waals surface area contributed by atoms with E-state index in [-0.39, 0.29) is 19.1 Å². The highest BCUT2D eigenvalue weighted by molar-refractivity contribution is 5.74. The van der Waals surface area contributed by atoms with Gasteiger partial charge < -0.3 is 10.2 Å². The van der Waals surface area contributed by atoms with Crippen LogP contribution in [0.15, 0.2) is 0 Å². The number of amides is 2. The Morgan fingerprint density at radius 2 is 2.36 bits per heavy atom. The molecule has 2 amide bonds. The van der Waals surface area contributed by atoms with Crippen molar-refractivity contribution in [2.45, 2.75) is 0 Å². The molecule has 0 aliphatic heterocycles. The number of carbonyl (C=O) groups is 1. The number of carbonyl (C=O) groups excluding carboxylic acids is 1. The van der Waals surface area contributed by atoms with Gasteiger partial charge in [0, 0.05) is 7.05 Å². The number of rotatable bonds is 2. The maximum absolute atomic E-state index is 10.9. The predicted molar refractivity (Wildman–Crippen MR) is 40.5 cm³/mol. The second-order valence-corrected chi connectivity index (χ2v) is 1.77. The van der Waals surface area contributed by atoms with Crippen LogP contribution in [0.4, 0.5) is 4.79 Å². The van der Waals surface area contributed by atoms with Crippen molar-refractivity contribution >= 4 is 6.03 Å². The average molecular weight is 151 g/mol. The van der Waals surface area contributed by atoms with Gasteiger partial charge in [0.2, 0.25) is 0 Å². The van der Waals surface area contributed by atoms with Gasteiger partial charge in [-0.2, -0.15) is 5.26 Å². The van der Waals surface area contributed by atoms with Crippen LogP contribution in [0, 0.1) is 23.7 Å². The van der Waals surface area contributed by atoms with Crippen LogP contribution in [0.3, 0.4) is 0 Å². The molecule has 1 N–H and O–H groups in total. The van der Waals surface area contributed by atoms with Crippen LogP contribution in [0.1, 0.15) is 0 Å². The third-order valence-electron chi connectivity index (χ3n) is 1.04. The van der Waals surface area contributed by atoms with Crippen molar-refractivity contribution in [3.05, 3.63) is 0 Å². The van der Waals surface area contributed by atoms with Crippen molar-refractivity contribution in [3.63, 3.8) is 0 Å². The summed E-state index contributed by atoms with van der Waals surface area (Å²) in [5, 5.41) is 10.6. The van der Waals surface area contributed by atoms with Gasteiger partial charge in [0.15, 0.2) is 0 Å². The van der Waals surface area contributed by atoms with Crippen LogP contribution in [0.5, 0.6) is 0 Å². The molecule has 0 radical (unpaired) electrons. The standard InChI is InChI=1S/C7H9N3O/c1-3-5-10(6-4-8)7(11)9-2/h1H,5-6H2,2H3,(H,9,11). The summed E-state index contributed by atoms with van der Waals surface area (Å²) in [6.07, 6.45) is 4.97. The van der Waals surface area contributed by atoms with Gasteiger partial charge in [-0.15, -0.1) is 6.42 Å². The molecule has 0 aromatic carbocycles. The Hall–Kier alpha value is -1.68. The first-order chi connectivity index (χ1) is 5.26. The molecule has 0 spiro atoms. The molecule has 11 heavy (non-hydrogen) atoms. The maximum atomic E-state index is 10.9. The van der Waals surface area contributed by atoms with E-state index < -0.39 is 0 Å². The SMILES string of the molecule is C#CCN(CC#N)C(=O)NC. The van der Waals surface area contributed by atoms with E-state index in [0.717, 1.165) is 0 Å². The Bertz CT molecular complexity index is 195. The molecule has 0 aromatic heterocycles. The molecule has 4 nitrogen and oxygen atoms in total. The topological polar surface area (TPSA) is 56.1 Å². The Morgan fingerprint density at radius 1 is 1.73 bits per heavy atom. The fraction of sp³-hybridized carbons (Fsp3) is 0.429. The van der Waals surface area contributed by atoms with Crippen LogP contribution >= 0.6 is 0 Å². The van der Waals surface area contributed by atoms with Crippen LogP contribution < -0.4 is 5.32 Å². The van der Waals surface area contributed by atoms with Crippen LogP contribution in [0.25, 0.3) is 0 Å². The number of nitrogens with zero attached hydrogens (tertiary/aromatic N) is 2. The minimum Gasteiger partial charge on any atom is -0.341 e. The largest absolute Gasteiger partial charge is 0.341 e. The van der Waals surface area contributed by atoms with E-state index in [1.165, 1.54) is 11.9 Å². The highest BCUT2D eigenvalue weighted by Crippen LogP contribution is 1.85. The molecular formula is C7H9N3O. The quantitative estimate of drug-likeness (QED) is 0.438. The maximum Gasteiger partial charge on any atom is 0.318 e. The lowest BCUT2D eigenvalue weighted by Gasteiger charge is -2.14. The summed E-state index contributed by atoms with van der Waals surface area (Å²) in [7, 11) is 1.49. The molecule has 0 unspecified atom stereocenters. The van der Waals surface area contributed by atoms with E-state index in [9.17, 15) is 4.79 Å². The van der Waals surface area contributed by atoms with Gasteiger partial charge >= 0.3 is 6.03 Å². The van der Waals surface area contributed by atoms with Gasteiger partial charge in [0.25, 0.3) is 0 Å². The lowest BCUT2D eigenvalue weighted by Crippen LogP contribution is -2.38. The van der Waals surface area contributed by atoms with Gasteiger partial charge in [-0.25, -0.2) is 4.79 Å². The van der Waals surface area contributed by atoms with E-state index in [1.54, 1.807) is 0 Å². The summed E-state index contributed by atoms with van der Waals surface area (Å²) in [5.41, 5.74) is 0. The molecule has 0 saturated heterocycles. The summed E-state index contributed by atoms with van der Waals surface area (Å²) in [6.45, 7) is 0.178. The lowest BCUT2D eigenvalue weighted by molar-refractivity contribution is 0.212. The molecule has 0 bridgehead atoms. The zero-order valence-corrected chi connectivity index (χ0v) is 6.29. The third kappa shape index (κ3) is 3.12. The molecule has 0 atom stereocenters. The molecule has 4 heteroatoms. The number of terminal acetylenes is 1. The van der Waals surface area contributed by atoms with Crippen molar-refractivity contribution < 1.29 is 4.79 Å². The molecule has 0 aromatic rings. The van der Waals surface area contributed by atoms with Crippen LogP contribution in [-0.2, 0) is 0 Å². The fourth-order valence-electron chi connectivity index (χ4n) is 0.553. The second kappa shape index (κ2) is 5.13. The molecule has 0 aliphatic rings. The van der Waals surface area contributed by atoms with Gasteiger partial charge in [-0.1, -0.05) is 5.92 Å². The van der Waals surface area contributed by atoms with Gasteiger partial charge in [0.05, 0.1) is 12.6 Å². The van der Waals surface area contributed by atoms with Crippen LogP contribution in [0.2, 0.25) is 0 Å². The summed E-state index contributed by atoms with van der Waals surface area (Å²) in [6, 6.07) is 1.51. The van der Waals surface area contributed by atoms with E-state index in [4.69, 9.17) is 11.7 Å². The summed E-state index contributed by atoms with van der Waals surface area (Å²) >= 11 is 0. The minimum atomic E-state index is -0.329. The van der Waals surface area contributed by atoms with Gasteiger partial charge in [-0.3, -0.25) is 0 Å². The predicted octanol–water partition coefficient (Wildman–Crippen LogP) is -0.215. The molecular weight excluding hydrogens is 142 g/mol. The van der Waals surface area contributed by atoms with E-state index >= 15 is 0 Å². The Labute approximate surface area is 65.8 Å². The van der Waals surface area contributed by atoms with Crippen molar-refractivity contribution in [1.29, 1.82) is 5.26 Å². The number of nitriles is 1. The monoisotopic (exact) mass is 151 g/mol. The van der Waals surface area contributed by atoms with E-state index in [1.807, 2.05) is 6.07 Å². The molecule has 0 heterocycles. The zero-order valence-electron chi connectivity index (χ0n) is 6.29. The number of hydrogen-bond donors (Lipinski definition) is 1. The fourth-order valence-corrected chi connectivity index (χ4v) is 0.553. The first-order valence-corrected chi connectivity index (χ1v) is 3.03. The molecule has 0 aliphatic carbocycles. The highest BCUT2D eigenvalue weighted by Gasteiger charge is 2.07. The number of hydrogen-bond acceptors (Lipinski definition) is 2. The van der Waals surface area contributed by atoms with Crippen molar-refractivity contribution in [2.24, 2.45) is 0 Å². The molecule has 58 valence electrons. The normalized spacial score (nSPS) is 7.55. The number of nitrogens with one attached hydrogen (secondary N) is 1.